The largest absolute Gasteiger partial charge is 0.324 e. The Kier molecular flexibility index (Phi) is 3.33. The lowest BCUT2D eigenvalue weighted by molar-refractivity contribution is 0.0954. The summed E-state index contributed by atoms with van der Waals surface area (Å²) in [6, 6.07) is 0.788. The van der Waals surface area contributed by atoms with Gasteiger partial charge < -0.3 is 15.5 Å². The number of hydrogen-bond donors (Lipinski definition) is 1. The van der Waals surface area contributed by atoms with E-state index in [1.54, 1.807) is 0 Å². The topological polar surface area (TPSA) is 32.5 Å². The van der Waals surface area contributed by atoms with Crippen molar-refractivity contribution in [3.8, 4) is 0 Å². The normalized spacial score (nSPS) is 28.0. The highest BCUT2D eigenvalue weighted by molar-refractivity contribution is 4.96. The Morgan fingerprint density at radius 1 is 1.27 bits per heavy atom. The van der Waals surface area contributed by atoms with Crippen molar-refractivity contribution >= 4 is 0 Å². The van der Waals surface area contributed by atoms with Gasteiger partial charge in [-0.05, 0) is 59.3 Å². The van der Waals surface area contributed by atoms with Crippen LogP contribution in [-0.4, -0.2) is 55.1 Å². The van der Waals surface area contributed by atoms with Crippen LogP contribution in [0.1, 0.15) is 32.1 Å². The van der Waals surface area contributed by atoms with Crippen molar-refractivity contribution in [3.05, 3.63) is 0 Å². The van der Waals surface area contributed by atoms with E-state index < -0.39 is 0 Å². The third-order valence-corrected chi connectivity index (χ3v) is 4.18. The highest BCUT2D eigenvalue weighted by atomic mass is 15.2. The third-order valence-electron chi connectivity index (χ3n) is 4.18. The molecule has 88 valence electrons. The van der Waals surface area contributed by atoms with Crippen LogP contribution in [0.4, 0.5) is 0 Å². The number of hydrogen-bond acceptors (Lipinski definition) is 3. The molecule has 1 heterocycles. The zero-order valence-electron chi connectivity index (χ0n) is 10.2. The molecule has 1 saturated heterocycles. The second-order valence-electron chi connectivity index (χ2n) is 5.69. The predicted molar refractivity (Wildman–Crippen MR) is 63.9 cm³/mol. The molecular formula is C12H25N3. The molecule has 0 bridgehead atoms. The van der Waals surface area contributed by atoms with E-state index in [-0.39, 0.29) is 5.54 Å². The van der Waals surface area contributed by atoms with Gasteiger partial charge in [-0.2, -0.15) is 0 Å². The van der Waals surface area contributed by atoms with E-state index >= 15 is 0 Å². The summed E-state index contributed by atoms with van der Waals surface area (Å²) in [5.74, 6) is 0. The van der Waals surface area contributed by atoms with E-state index in [1.807, 2.05) is 0 Å². The molecule has 0 aromatic heterocycles. The summed E-state index contributed by atoms with van der Waals surface area (Å²) >= 11 is 0. The van der Waals surface area contributed by atoms with E-state index in [0.717, 1.165) is 12.6 Å². The molecule has 0 aromatic rings. The van der Waals surface area contributed by atoms with Crippen molar-refractivity contribution in [1.29, 1.82) is 0 Å². The predicted octanol–water partition coefficient (Wildman–Crippen LogP) is 0.894. The van der Waals surface area contributed by atoms with E-state index in [4.69, 9.17) is 5.73 Å². The minimum absolute atomic E-state index is 0.172. The van der Waals surface area contributed by atoms with Crippen LogP contribution in [0.3, 0.4) is 0 Å². The van der Waals surface area contributed by atoms with Gasteiger partial charge in [-0.3, -0.25) is 0 Å². The van der Waals surface area contributed by atoms with Gasteiger partial charge in [0.15, 0.2) is 0 Å². The Hall–Kier alpha value is -0.120. The minimum Gasteiger partial charge on any atom is -0.324 e. The molecule has 0 unspecified atom stereocenters. The SMILES string of the molecule is CN(C)C1CCN(CC2(N)CCC2)CC1. The summed E-state index contributed by atoms with van der Waals surface area (Å²) in [5.41, 5.74) is 6.45. The molecule has 2 aliphatic rings. The first kappa shape index (κ1) is 11.4. The molecule has 0 amide bonds. The van der Waals surface area contributed by atoms with Crippen molar-refractivity contribution < 1.29 is 0 Å². The van der Waals surface area contributed by atoms with Gasteiger partial charge in [0.2, 0.25) is 0 Å². The molecule has 3 nitrogen and oxygen atoms in total. The lowest BCUT2D eigenvalue weighted by Crippen LogP contribution is -2.56. The van der Waals surface area contributed by atoms with Crippen LogP contribution in [0.15, 0.2) is 0 Å². The molecule has 1 saturated carbocycles. The van der Waals surface area contributed by atoms with Gasteiger partial charge in [-0.1, -0.05) is 0 Å². The van der Waals surface area contributed by atoms with E-state index in [1.165, 1.54) is 45.2 Å². The number of nitrogens with zero attached hydrogens (tertiary/aromatic N) is 2. The summed E-state index contributed by atoms with van der Waals surface area (Å²) in [6.07, 6.45) is 6.43. The van der Waals surface area contributed by atoms with Crippen LogP contribution in [0.5, 0.6) is 0 Å². The zero-order valence-corrected chi connectivity index (χ0v) is 10.2. The maximum absolute atomic E-state index is 6.28. The van der Waals surface area contributed by atoms with E-state index in [9.17, 15) is 0 Å². The third kappa shape index (κ3) is 2.71. The van der Waals surface area contributed by atoms with Gasteiger partial charge in [0, 0.05) is 18.1 Å². The first-order valence-corrected chi connectivity index (χ1v) is 6.27. The van der Waals surface area contributed by atoms with Crippen LogP contribution in [0.2, 0.25) is 0 Å². The molecule has 1 aliphatic heterocycles. The first-order valence-electron chi connectivity index (χ1n) is 6.27. The van der Waals surface area contributed by atoms with Gasteiger partial charge in [-0.25, -0.2) is 0 Å². The molecule has 0 radical (unpaired) electrons. The molecular weight excluding hydrogens is 186 g/mol. The lowest BCUT2D eigenvalue weighted by atomic mass is 9.77. The minimum atomic E-state index is 0.172. The second kappa shape index (κ2) is 4.40. The van der Waals surface area contributed by atoms with Gasteiger partial charge in [0.1, 0.15) is 0 Å². The van der Waals surface area contributed by atoms with Crippen molar-refractivity contribution in [2.24, 2.45) is 5.73 Å². The summed E-state index contributed by atoms with van der Waals surface area (Å²) in [5, 5.41) is 0. The van der Waals surface area contributed by atoms with Crippen molar-refractivity contribution in [1.82, 2.24) is 9.80 Å². The second-order valence-corrected chi connectivity index (χ2v) is 5.69. The number of rotatable bonds is 3. The zero-order chi connectivity index (χ0) is 10.9. The highest BCUT2D eigenvalue weighted by Gasteiger charge is 2.35. The average Bonchev–Trinajstić information content (AvgIpc) is 2.16. The molecule has 15 heavy (non-hydrogen) atoms. The summed E-state index contributed by atoms with van der Waals surface area (Å²) in [6.45, 7) is 3.61. The fourth-order valence-electron chi connectivity index (χ4n) is 2.83. The van der Waals surface area contributed by atoms with Crippen molar-refractivity contribution in [3.63, 3.8) is 0 Å². The Labute approximate surface area is 93.6 Å². The highest BCUT2D eigenvalue weighted by Crippen LogP contribution is 2.30. The van der Waals surface area contributed by atoms with Crippen LogP contribution in [-0.2, 0) is 0 Å². The molecule has 2 N–H and O–H groups in total. The van der Waals surface area contributed by atoms with Crippen LogP contribution < -0.4 is 5.73 Å². The fourth-order valence-corrected chi connectivity index (χ4v) is 2.83. The Bertz CT molecular complexity index is 203. The molecule has 2 fully saturated rings. The quantitative estimate of drug-likeness (QED) is 0.752. The van der Waals surface area contributed by atoms with Gasteiger partial charge in [0.05, 0.1) is 0 Å². The summed E-state index contributed by atoms with van der Waals surface area (Å²) in [4.78, 5) is 4.93. The Balaban J connectivity index is 1.73. The first-order chi connectivity index (χ1) is 7.09. The molecule has 0 aromatic carbocycles. The summed E-state index contributed by atoms with van der Waals surface area (Å²) < 4.78 is 0. The Morgan fingerprint density at radius 3 is 2.27 bits per heavy atom. The average molecular weight is 211 g/mol. The van der Waals surface area contributed by atoms with Gasteiger partial charge in [0.25, 0.3) is 0 Å². The molecule has 1 aliphatic carbocycles. The monoisotopic (exact) mass is 211 g/mol. The van der Waals surface area contributed by atoms with Crippen LogP contribution in [0, 0.1) is 0 Å². The number of piperidine rings is 1. The van der Waals surface area contributed by atoms with E-state index in [0.29, 0.717) is 0 Å². The lowest BCUT2D eigenvalue weighted by Gasteiger charge is -2.44. The van der Waals surface area contributed by atoms with E-state index in [2.05, 4.69) is 23.9 Å². The van der Waals surface area contributed by atoms with Crippen LogP contribution in [0.25, 0.3) is 0 Å². The van der Waals surface area contributed by atoms with Crippen molar-refractivity contribution in [2.45, 2.75) is 43.7 Å². The Morgan fingerprint density at radius 2 is 1.87 bits per heavy atom. The smallest absolute Gasteiger partial charge is 0.0283 e. The van der Waals surface area contributed by atoms with Gasteiger partial charge in [-0.15, -0.1) is 0 Å². The fraction of sp³-hybridized carbons (Fsp3) is 1.00. The standard InChI is InChI=1S/C12H25N3/c1-14(2)11-4-8-15(9-5-11)10-12(13)6-3-7-12/h11H,3-10,13H2,1-2H3. The number of nitrogens with two attached hydrogens (primary N) is 1. The molecule has 0 spiro atoms. The van der Waals surface area contributed by atoms with Crippen LogP contribution >= 0.6 is 0 Å². The maximum Gasteiger partial charge on any atom is 0.0283 e. The maximum atomic E-state index is 6.28. The molecule has 2 rings (SSSR count). The van der Waals surface area contributed by atoms with Gasteiger partial charge >= 0.3 is 0 Å². The van der Waals surface area contributed by atoms with Crippen molar-refractivity contribution in [2.75, 3.05) is 33.7 Å². The number of likely N-dealkylation sites (tertiary alicyclic amines) is 1. The molecule has 3 heteroatoms. The summed E-state index contributed by atoms with van der Waals surface area (Å²) in [7, 11) is 4.38. The molecule has 0 atom stereocenters.